The zero-order valence-electron chi connectivity index (χ0n) is 11.9. The fourth-order valence-corrected chi connectivity index (χ4v) is 2.47. The molecule has 106 valence electrons. The van der Waals surface area contributed by atoms with Crippen molar-refractivity contribution in [3.63, 3.8) is 0 Å². The van der Waals surface area contributed by atoms with E-state index in [-0.39, 0.29) is 6.10 Å². The molecule has 2 heterocycles. The van der Waals surface area contributed by atoms with Gasteiger partial charge in [-0.05, 0) is 25.7 Å². The molecule has 19 heavy (non-hydrogen) atoms. The van der Waals surface area contributed by atoms with Gasteiger partial charge in [0.1, 0.15) is 18.0 Å². The van der Waals surface area contributed by atoms with Gasteiger partial charge < -0.3 is 15.3 Å². The molecular weight excluding hydrogens is 240 g/mol. The van der Waals surface area contributed by atoms with Crippen molar-refractivity contribution >= 4 is 11.6 Å². The first-order valence-corrected chi connectivity index (χ1v) is 7.27. The number of hydrogen-bond acceptors (Lipinski definition) is 5. The van der Waals surface area contributed by atoms with Crippen molar-refractivity contribution < 1.29 is 5.11 Å². The second-order valence-electron chi connectivity index (χ2n) is 5.02. The summed E-state index contributed by atoms with van der Waals surface area (Å²) in [7, 11) is 0. The number of rotatable bonds is 5. The van der Waals surface area contributed by atoms with Crippen molar-refractivity contribution in [2.75, 3.05) is 29.9 Å². The Balaban J connectivity index is 2.19. The third-order valence-corrected chi connectivity index (χ3v) is 3.58. The van der Waals surface area contributed by atoms with E-state index in [0.29, 0.717) is 0 Å². The van der Waals surface area contributed by atoms with Crippen LogP contribution in [0.5, 0.6) is 0 Å². The summed E-state index contributed by atoms with van der Waals surface area (Å²) in [6.07, 6.45) is 5.13. The summed E-state index contributed by atoms with van der Waals surface area (Å²) in [6, 6.07) is 0. The number of anilines is 2. The van der Waals surface area contributed by atoms with Crippen LogP contribution in [0.2, 0.25) is 0 Å². The number of aliphatic hydroxyl groups excluding tert-OH is 1. The molecule has 5 heteroatoms. The van der Waals surface area contributed by atoms with Gasteiger partial charge in [-0.25, -0.2) is 9.97 Å². The van der Waals surface area contributed by atoms with Gasteiger partial charge in [0.15, 0.2) is 0 Å². The molecule has 5 nitrogen and oxygen atoms in total. The monoisotopic (exact) mass is 264 g/mol. The molecule has 2 rings (SSSR count). The van der Waals surface area contributed by atoms with Crippen LogP contribution >= 0.6 is 0 Å². The fraction of sp³-hybridized carbons (Fsp3) is 0.714. The zero-order chi connectivity index (χ0) is 13.7. The van der Waals surface area contributed by atoms with Crippen LogP contribution in [-0.2, 0) is 6.42 Å². The highest BCUT2D eigenvalue weighted by Crippen LogP contribution is 2.26. The Hall–Kier alpha value is -1.36. The van der Waals surface area contributed by atoms with Crippen molar-refractivity contribution in [1.29, 1.82) is 0 Å². The lowest BCUT2D eigenvalue weighted by atomic mass is 10.1. The van der Waals surface area contributed by atoms with Crippen LogP contribution in [0.1, 0.15) is 38.7 Å². The van der Waals surface area contributed by atoms with Crippen LogP contribution in [0.25, 0.3) is 0 Å². The van der Waals surface area contributed by atoms with E-state index < -0.39 is 0 Å². The van der Waals surface area contributed by atoms with Crippen molar-refractivity contribution in [2.24, 2.45) is 0 Å². The number of piperidine rings is 1. The number of aromatic nitrogens is 2. The Bertz CT molecular complexity index is 402. The highest BCUT2D eigenvalue weighted by atomic mass is 16.3. The van der Waals surface area contributed by atoms with E-state index in [1.165, 1.54) is 5.56 Å². The van der Waals surface area contributed by atoms with Gasteiger partial charge in [-0.3, -0.25) is 0 Å². The molecular formula is C14H24N4O. The van der Waals surface area contributed by atoms with Crippen LogP contribution in [-0.4, -0.2) is 40.8 Å². The molecule has 1 aromatic heterocycles. The van der Waals surface area contributed by atoms with Crippen molar-refractivity contribution in [3.8, 4) is 0 Å². The normalized spacial score (nSPS) is 16.7. The second kappa shape index (κ2) is 6.70. The third-order valence-electron chi connectivity index (χ3n) is 3.58. The molecule has 0 saturated carbocycles. The van der Waals surface area contributed by atoms with Crippen molar-refractivity contribution in [1.82, 2.24) is 9.97 Å². The quantitative estimate of drug-likeness (QED) is 0.849. The van der Waals surface area contributed by atoms with E-state index in [4.69, 9.17) is 0 Å². The standard InChI is InChI=1S/C14H24N4O/c1-3-7-15-13-12(4-2)14(17-10-16-13)18-8-5-11(19)6-9-18/h10-11,19H,3-9H2,1-2H3,(H,15,16,17). The highest BCUT2D eigenvalue weighted by molar-refractivity contribution is 5.59. The summed E-state index contributed by atoms with van der Waals surface area (Å²) in [5, 5.41) is 13.0. The minimum absolute atomic E-state index is 0.152. The van der Waals surface area contributed by atoms with Gasteiger partial charge in [-0.2, -0.15) is 0 Å². The average molecular weight is 264 g/mol. The summed E-state index contributed by atoms with van der Waals surface area (Å²) < 4.78 is 0. The summed E-state index contributed by atoms with van der Waals surface area (Å²) in [6.45, 7) is 6.96. The highest BCUT2D eigenvalue weighted by Gasteiger charge is 2.21. The molecule has 0 spiro atoms. The molecule has 0 radical (unpaired) electrons. The van der Waals surface area contributed by atoms with Crippen LogP contribution in [0.4, 0.5) is 11.6 Å². The number of hydrogen-bond donors (Lipinski definition) is 2. The van der Waals surface area contributed by atoms with E-state index in [1.807, 2.05) is 0 Å². The Labute approximate surface area is 115 Å². The van der Waals surface area contributed by atoms with Gasteiger partial charge in [0.2, 0.25) is 0 Å². The maximum absolute atomic E-state index is 9.60. The van der Waals surface area contributed by atoms with Crippen LogP contribution in [0.3, 0.4) is 0 Å². The van der Waals surface area contributed by atoms with Gasteiger partial charge in [0, 0.05) is 25.2 Å². The Morgan fingerprint density at radius 2 is 2.05 bits per heavy atom. The number of nitrogens with zero attached hydrogens (tertiary/aromatic N) is 3. The maximum Gasteiger partial charge on any atom is 0.137 e. The number of aliphatic hydroxyl groups is 1. The van der Waals surface area contributed by atoms with E-state index >= 15 is 0 Å². The molecule has 1 fully saturated rings. The maximum atomic E-state index is 9.60. The lowest BCUT2D eigenvalue weighted by molar-refractivity contribution is 0.145. The Morgan fingerprint density at radius 3 is 2.68 bits per heavy atom. The van der Waals surface area contributed by atoms with E-state index in [2.05, 4.69) is 34.0 Å². The zero-order valence-corrected chi connectivity index (χ0v) is 11.9. The molecule has 0 bridgehead atoms. The van der Waals surface area contributed by atoms with Crippen LogP contribution in [0.15, 0.2) is 6.33 Å². The first-order chi connectivity index (χ1) is 9.26. The second-order valence-corrected chi connectivity index (χ2v) is 5.02. The average Bonchev–Trinajstić information content (AvgIpc) is 2.45. The molecule has 0 aliphatic carbocycles. The smallest absolute Gasteiger partial charge is 0.137 e. The Kier molecular flexibility index (Phi) is 4.96. The molecule has 0 atom stereocenters. The third kappa shape index (κ3) is 3.35. The van der Waals surface area contributed by atoms with E-state index in [0.717, 1.165) is 57.0 Å². The van der Waals surface area contributed by atoms with Crippen molar-refractivity contribution in [3.05, 3.63) is 11.9 Å². The molecule has 0 amide bonds. The summed E-state index contributed by atoms with van der Waals surface area (Å²) in [5.41, 5.74) is 1.19. The molecule has 2 N–H and O–H groups in total. The van der Waals surface area contributed by atoms with Gasteiger partial charge in [-0.15, -0.1) is 0 Å². The van der Waals surface area contributed by atoms with Crippen LogP contribution in [0, 0.1) is 0 Å². The topological polar surface area (TPSA) is 61.3 Å². The lowest BCUT2D eigenvalue weighted by Crippen LogP contribution is -2.37. The summed E-state index contributed by atoms with van der Waals surface area (Å²) >= 11 is 0. The molecule has 1 aromatic rings. The van der Waals surface area contributed by atoms with Gasteiger partial charge in [0.05, 0.1) is 6.10 Å². The molecule has 1 saturated heterocycles. The minimum Gasteiger partial charge on any atom is -0.393 e. The fourth-order valence-electron chi connectivity index (χ4n) is 2.47. The molecule has 1 aliphatic heterocycles. The number of nitrogens with one attached hydrogen (secondary N) is 1. The SMILES string of the molecule is CCCNc1ncnc(N2CCC(O)CC2)c1CC. The predicted molar refractivity (Wildman–Crippen MR) is 77.6 cm³/mol. The predicted octanol–water partition coefficient (Wildman–Crippen LogP) is 1.82. The summed E-state index contributed by atoms with van der Waals surface area (Å²) in [4.78, 5) is 11.1. The van der Waals surface area contributed by atoms with Gasteiger partial charge in [-0.1, -0.05) is 13.8 Å². The summed E-state index contributed by atoms with van der Waals surface area (Å²) in [5.74, 6) is 1.99. The molecule has 0 unspecified atom stereocenters. The first kappa shape index (κ1) is 14.1. The molecule has 0 aromatic carbocycles. The van der Waals surface area contributed by atoms with Crippen molar-refractivity contribution in [2.45, 2.75) is 45.6 Å². The Morgan fingerprint density at radius 1 is 1.32 bits per heavy atom. The first-order valence-electron chi connectivity index (χ1n) is 7.27. The van der Waals surface area contributed by atoms with Gasteiger partial charge >= 0.3 is 0 Å². The van der Waals surface area contributed by atoms with Crippen LogP contribution < -0.4 is 10.2 Å². The lowest BCUT2D eigenvalue weighted by Gasteiger charge is -2.32. The minimum atomic E-state index is -0.152. The van der Waals surface area contributed by atoms with Gasteiger partial charge in [0.25, 0.3) is 0 Å². The molecule has 1 aliphatic rings. The van der Waals surface area contributed by atoms with E-state index in [9.17, 15) is 5.11 Å². The van der Waals surface area contributed by atoms with E-state index in [1.54, 1.807) is 6.33 Å². The largest absolute Gasteiger partial charge is 0.393 e.